The standard InChI is InChI=1S/C12H13F2NO4S/c1-6-4-7(6)5-15-20(18,19)9-3-2-8(13)10(11(9)14)12(16)17/h2-3,6-7,15H,4-5H2,1H3,(H,16,17). The topological polar surface area (TPSA) is 83.5 Å². The Labute approximate surface area is 114 Å². The van der Waals surface area contributed by atoms with E-state index in [0.29, 0.717) is 12.0 Å². The minimum atomic E-state index is -4.20. The van der Waals surface area contributed by atoms with E-state index in [1.165, 1.54) is 0 Å². The number of sulfonamides is 1. The number of carboxylic acid groups (broad SMARTS) is 1. The van der Waals surface area contributed by atoms with Gasteiger partial charge in [0.05, 0.1) is 0 Å². The molecule has 0 bridgehead atoms. The molecule has 2 N–H and O–H groups in total. The number of rotatable bonds is 5. The second-order valence-electron chi connectivity index (χ2n) is 4.86. The first kappa shape index (κ1) is 14.9. The summed E-state index contributed by atoms with van der Waals surface area (Å²) in [5, 5.41) is 8.70. The van der Waals surface area contributed by atoms with Gasteiger partial charge in [-0.15, -0.1) is 0 Å². The molecule has 0 heterocycles. The van der Waals surface area contributed by atoms with Crippen molar-refractivity contribution >= 4 is 16.0 Å². The molecule has 5 nitrogen and oxygen atoms in total. The molecule has 1 aromatic rings. The molecule has 2 unspecified atom stereocenters. The number of halogens is 2. The summed E-state index contributed by atoms with van der Waals surface area (Å²) in [6.07, 6.45) is 0.884. The van der Waals surface area contributed by atoms with Crippen LogP contribution in [0, 0.1) is 23.5 Å². The summed E-state index contributed by atoms with van der Waals surface area (Å²) in [5.74, 6) is -4.15. The highest BCUT2D eigenvalue weighted by Crippen LogP contribution is 2.37. The SMILES string of the molecule is CC1CC1CNS(=O)(=O)c1ccc(F)c(C(=O)O)c1F. The van der Waals surface area contributed by atoms with Crippen molar-refractivity contribution < 1.29 is 27.1 Å². The van der Waals surface area contributed by atoms with Crippen LogP contribution in [0.25, 0.3) is 0 Å². The predicted octanol–water partition coefficient (Wildman–Crippen LogP) is 1.60. The molecule has 1 aromatic carbocycles. The smallest absolute Gasteiger partial charge is 0.341 e. The summed E-state index contributed by atoms with van der Waals surface area (Å²) in [6.45, 7) is 2.11. The minimum Gasteiger partial charge on any atom is -0.477 e. The zero-order valence-corrected chi connectivity index (χ0v) is 11.4. The molecule has 0 aliphatic heterocycles. The number of benzene rings is 1. The fourth-order valence-corrected chi connectivity index (χ4v) is 3.09. The third kappa shape index (κ3) is 2.80. The molecule has 0 amide bonds. The van der Waals surface area contributed by atoms with Gasteiger partial charge >= 0.3 is 5.97 Å². The molecular formula is C12H13F2NO4S. The Hall–Kier alpha value is -1.54. The maximum atomic E-state index is 13.9. The van der Waals surface area contributed by atoms with Crippen LogP contribution in [-0.4, -0.2) is 26.0 Å². The van der Waals surface area contributed by atoms with Crippen molar-refractivity contribution in [3.05, 3.63) is 29.3 Å². The number of nitrogens with one attached hydrogen (secondary N) is 1. The van der Waals surface area contributed by atoms with Crippen LogP contribution in [0.3, 0.4) is 0 Å². The Bertz CT molecular complexity index is 660. The average molecular weight is 305 g/mol. The van der Waals surface area contributed by atoms with Gasteiger partial charge in [-0.2, -0.15) is 0 Å². The van der Waals surface area contributed by atoms with E-state index in [-0.39, 0.29) is 12.5 Å². The lowest BCUT2D eigenvalue weighted by Crippen LogP contribution is -2.27. The zero-order chi connectivity index (χ0) is 15.1. The van der Waals surface area contributed by atoms with Gasteiger partial charge < -0.3 is 5.11 Å². The first-order valence-corrected chi connectivity index (χ1v) is 7.43. The van der Waals surface area contributed by atoms with E-state index in [2.05, 4.69) is 4.72 Å². The number of hydrogen-bond donors (Lipinski definition) is 2. The summed E-state index contributed by atoms with van der Waals surface area (Å²) >= 11 is 0. The van der Waals surface area contributed by atoms with Crippen LogP contribution >= 0.6 is 0 Å². The molecule has 0 radical (unpaired) electrons. The Morgan fingerprint density at radius 2 is 2.05 bits per heavy atom. The van der Waals surface area contributed by atoms with Crippen molar-refractivity contribution in [2.75, 3.05) is 6.54 Å². The summed E-state index contributed by atoms with van der Waals surface area (Å²) in [4.78, 5) is 9.89. The molecule has 2 atom stereocenters. The van der Waals surface area contributed by atoms with Crippen LogP contribution in [0.5, 0.6) is 0 Å². The van der Waals surface area contributed by atoms with Crippen LogP contribution in [-0.2, 0) is 10.0 Å². The third-order valence-electron chi connectivity index (χ3n) is 3.37. The van der Waals surface area contributed by atoms with E-state index in [1.807, 2.05) is 6.92 Å². The van der Waals surface area contributed by atoms with Crippen LogP contribution in [0.1, 0.15) is 23.7 Å². The molecule has 20 heavy (non-hydrogen) atoms. The Morgan fingerprint density at radius 1 is 1.45 bits per heavy atom. The molecule has 110 valence electrons. The molecule has 1 fully saturated rings. The highest BCUT2D eigenvalue weighted by Gasteiger charge is 2.34. The first-order chi connectivity index (χ1) is 9.24. The van der Waals surface area contributed by atoms with Gasteiger partial charge in [0.25, 0.3) is 0 Å². The van der Waals surface area contributed by atoms with Gasteiger partial charge in [0.2, 0.25) is 10.0 Å². The maximum absolute atomic E-state index is 13.9. The molecule has 0 saturated heterocycles. The van der Waals surface area contributed by atoms with Crippen molar-refractivity contribution in [3.8, 4) is 0 Å². The highest BCUT2D eigenvalue weighted by atomic mass is 32.2. The van der Waals surface area contributed by atoms with Gasteiger partial charge in [0, 0.05) is 6.54 Å². The number of aromatic carboxylic acids is 1. The second kappa shape index (κ2) is 5.10. The van der Waals surface area contributed by atoms with Gasteiger partial charge in [-0.25, -0.2) is 26.7 Å². The van der Waals surface area contributed by atoms with Crippen molar-refractivity contribution in [2.24, 2.45) is 11.8 Å². The van der Waals surface area contributed by atoms with Crippen molar-refractivity contribution in [3.63, 3.8) is 0 Å². The average Bonchev–Trinajstić information content (AvgIpc) is 3.02. The molecule has 2 rings (SSSR count). The Kier molecular flexibility index (Phi) is 3.79. The lowest BCUT2D eigenvalue weighted by molar-refractivity contribution is 0.0685. The van der Waals surface area contributed by atoms with E-state index < -0.39 is 38.1 Å². The number of carboxylic acids is 1. The largest absolute Gasteiger partial charge is 0.477 e. The van der Waals surface area contributed by atoms with Gasteiger partial charge in [-0.3, -0.25) is 0 Å². The summed E-state index contributed by atoms with van der Waals surface area (Å²) < 4.78 is 53.1. The van der Waals surface area contributed by atoms with Crippen molar-refractivity contribution in [2.45, 2.75) is 18.2 Å². The number of hydrogen-bond acceptors (Lipinski definition) is 3. The first-order valence-electron chi connectivity index (χ1n) is 5.95. The molecular weight excluding hydrogens is 292 g/mol. The summed E-state index contributed by atoms with van der Waals surface area (Å²) in [6, 6.07) is 1.34. The quantitative estimate of drug-likeness (QED) is 0.865. The maximum Gasteiger partial charge on any atom is 0.341 e. The monoisotopic (exact) mass is 305 g/mol. The lowest BCUT2D eigenvalue weighted by Gasteiger charge is -2.09. The van der Waals surface area contributed by atoms with Crippen LogP contribution in [0.15, 0.2) is 17.0 Å². The van der Waals surface area contributed by atoms with E-state index >= 15 is 0 Å². The van der Waals surface area contributed by atoms with Crippen LogP contribution in [0.2, 0.25) is 0 Å². The number of carbonyl (C=O) groups is 1. The fraction of sp³-hybridized carbons (Fsp3) is 0.417. The Morgan fingerprint density at radius 3 is 2.55 bits per heavy atom. The van der Waals surface area contributed by atoms with Crippen LogP contribution < -0.4 is 4.72 Å². The summed E-state index contributed by atoms with van der Waals surface area (Å²) in [7, 11) is -4.20. The fourth-order valence-electron chi connectivity index (χ4n) is 1.91. The third-order valence-corrected chi connectivity index (χ3v) is 4.81. The van der Waals surface area contributed by atoms with Gasteiger partial charge in [-0.05, 0) is 30.4 Å². The molecule has 8 heteroatoms. The highest BCUT2D eigenvalue weighted by molar-refractivity contribution is 7.89. The lowest BCUT2D eigenvalue weighted by atomic mass is 10.2. The van der Waals surface area contributed by atoms with E-state index in [4.69, 9.17) is 5.11 Å². The normalized spacial score (nSPS) is 21.8. The van der Waals surface area contributed by atoms with Gasteiger partial charge in [0.1, 0.15) is 16.3 Å². The van der Waals surface area contributed by atoms with Crippen molar-refractivity contribution in [1.29, 1.82) is 0 Å². The van der Waals surface area contributed by atoms with Crippen LogP contribution in [0.4, 0.5) is 8.78 Å². The molecule has 0 aromatic heterocycles. The van der Waals surface area contributed by atoms with Gasteiger partial charge in [-0.1, -0.05) is 6.92 Å². The van der Waals surface area contributed by atoms with E-state index in [9.17, 15) is 22.0 Å². The summed E-state index contributed by atoms with van der Waals surface area (Å²) in [5.41, 5.74) is -1.27. The van der Waals surface area contributed by atoms with Gasteiger partial charge in [0.15, 0.2) is 5.82 Å². The van der Waals surface area contributed by atoms with Crippen molar-refractivity contribution in [1.82, 2.24) is 4.72 Å². The molecule has 1 aliphatic carbocycles. The molecule has 1 aliphatic rings. The zero-order valence-electron chi connectivity index (χ0n) is 10.6. The molecule has 1 saturated carbocycles. The minimum absolute atomic E-state index is 0.155. The molecule has 0 spiro atoms. The predicted molar refractivity (Wildman–Crippen MR) is 65.8 cm³/mol. The van der Waals surface area contributed by atoms with E-state index in [0.717, 1.165) is 12.5 Å². The Balaban J connectivity index is 2.31. The second-order valence-corrected chi connectivity index (χ2v) is 6.60. The van der Waals surface area contributed by atoms with E-state index in [1.54, 1.807) is 0 Å².